The molecule has 0 rings (SSSR count). The molecule has 4 heteroatoms. The molecule has 0 aromatic carbocycles. The third kappa shape index (κ3) is 6.04. The molecule has 0 aliphatic rings. The second kappa shape index (κ2) is 5.87. The summed E-state index contributed by atoms with van der Waals surface area (Å²) in [5.41, 5.74) is 0.369. The van der Waals surface area contributed by atoms with Crippen molar-refractivity contribution in [1.82, 2.24) is 9.13 Å². The fourth-order valence-corrected chi connectivity index (χ4v) is 8.09. The van der Waals surface area contributed by atoms with E-state index in [0.29, 0.717) is 0 Å². The van der Waals surface area contributed by atoms with Gasteiger partial charge in [0.15, 0.2) is 0 Å². The van der Waals surface area contributed by atoms with E-state index in [1.807, 2.05) is 0 Å². The van der Waals surface area contributed by atoms with Crippen LogP contribution >= 0.6 is 0 Å². The zero-order valence-corrected chi connectivity index (χ0v) is 18.0. The molecule has 0 N–H and O–H groups in total. The largest absolute Gasteiger partial charge is 0.398 e. The molecule has 0 unspecified atom stereocenters. The molecule has 0 aromatic rings. The van der Waals surface area contributed by atoms with E-state index in [2.05, 4.69) is 102 Å². The van der Waals surface area contributed by atoms with E-state index in [0.717, 1.165) is 0 Å². The van der Waals surface area contributed by atoms with Crippen LogP contribution in [0.15, 0.2) is 12.4 Å². The monoisotopic (exact) mass is 314 g/mol. The minimum atomic E-state index is -1.37. The van der Waals surface area contributed by atoms with Crippen LogP contribution in [-0.2, 0) is 0 Å². The predicted octanol–water partition coefficient (Wildman–Crippen LogP) is 5.33. The fraction of sp³-hybridized carbons (Fsp3) is 0.875. The van der Waals surface area contributed by atoms with Crippen LogP contribution in [0, 0.1) is 0 Å². The second-order valence-electron chi connectivity index (χ2n) is 9.72. The maximum absolute atomic E-state index is 2.60. The Morgan fingerprint density at radius 1 is 0.550 bits per heavy atom. The van der Waals surface area contributed by atoms with Crippen molar-refractivity contribution in [3.8, 4) is 0 Å². The van der Waals surface area contributed by atoms with Crippen LogP contribution in [0.1, 0.15) is 41.5 Å². The van der Waals surface area contributed by atoms with Gasteiger partial charge in [0.1, 0.15) is 16.5 Å². The summed E-state index contributed by atoms with van der Waals surface area (Å²) in [5, 5.41) is 0. The summed E-state index contributed by atoms with van der Waals surface area (Å²) in [7, 11) is -2.74. The molecule has 0 amide bonds. The molecule has 0 saturated heterocycles. The first-order valence-corrected chi connectivity index (χ1v) is 14.6. The lowest BCUT2D eigenvalue weighted by atomic mass is 10.1. The van der Waals surface area contributed by atoms with Crippen LogP contribution in [0.25, 0.3) is 0 Å². The van der Waals surface area contributed by atoms with Crippen molar-refractivity contribution in [2.75, 3.05) is 0 Å². The van der Waals surface area contributed by atoms with E-state index in [1.165, 1.54) is 0 Å². The highest BCUT2D eigenvalue weighted by atomic mass is 28.3. The van der Waals surface area contributed by atoms with Crippen molar-refractivity contribution in [3.05, 3.63) is 12.4 Å². The Morgan fingerprint density at radius 3 is 0.850 bits per heavy atom. The average Bonchev–Trinajstić information content (AvgIpc) is 2.02. The fourth-order valence-electron chi connectivity index (χ4n) is 3.04. The van der Waals surface area contributed by atoms with Gasteiger partial charge in [-0.05, 0) is 41.5 Å². The van der Waals surface area contributed by atoms with Crippen LogP contribution in [0.2, 0.25) is 39.3 Å². The summed E-state index contributed by atoms with van der Waals surface area (Å²) in [6.07, 6.45) is 4.71. The van der Waals surface area contributed by atoms with Crippen LogP contribution in [0.3, 0.4) is 0 Å². The van der Waals surface area contributed by atoms with Gasteiger partial charge in [-0.15, -0.1) is 0 Å². The lowest BCUT2D eigenvalue weighted by molar-refractivity contribution is 0.288. The van der Waals surface area contributed by atoms with E-state index in [9.17, 15) is 0 Å². The summed E-state index contributed by atoms with van der Waals surface area (Å²) in [5.74, 6) is 0. The zero-order valence-electron chi connectivity index (χ0n) is 16.0. The number of rotatable bonds is 4. The lowest BCUT2D eigenvalue weighted by Gasteiger charge is -2.47. The topological polar surface area (TPSA) is 6.48 Å². The molecule has 0 heterocycles. The van der Waals surface area contributed by atoms with Crippen molar-refractivity contribution in [2.45, 2.75) is 91.9 Å². The Morgan fingerprint density at radius 2 is 0.750 bits per heavy atom. The number of nitrogens with zero attached hydrogens (tertiary/aromatic N) is 2. The molecule has 2 nitrogen and oxygen atoms in total. The van der Waals surface area contributed by atoms with E-state index < -0.39 is 16.5 Å². The van der Waals surface area contributed by atoms with Crippen LogP contribution in [0.4, 0.5) is 0 Å². The van der Waals surface area contributed by atoms with E-state index >= 15 is 0 Å². The van der Waals surface area contributed by atoms with E-state index in [-0.39, 0.29) is 11.1 Å². The summed E-state index contributed by atoms with van der Waals surface area (Å²) in [6, 6.07) is 0. The van der Waals surface area contributed by atoms with Crippen molar-refractivity contribution < 1.29 is 0 Å². The molecule has 0 spiro atoms. The summed E-state index contributed by atoms with van der Waals surface area (Å²) < 4.78 is 5.19. The van der Waals surface area contributed by atoms with E-state index in [1.54, 1.807) is 0 Å². The SMILES string of the molecule is CC(C)(C)N(/C=C/N(C(C)(C)C)[Si](C)(C)C)[Si](C)(C)C. The van der Waals surface area contributed by atoms with E-state index in [4.69, 9.17) is 0 Å². The van der Waals surface area contributed by atoms with Crippen LogP contribution < -0.4 is 0 Å². The van der Waals surface area contributed by atoms with Crippen LogP contribution in [0.5, 0.6) is 0 Å². The number of hydrogen-bond acceptors (Lipinski definition) is 2. The Labute approximate surface area is 130 Å². The predicted molar refractivity (Wildman–Crippen MR) is 99.0 cm³/mol. The van der Waals surface area contributed by atoms with Gasteiger partial charge in [-0.2, -0.15) is 0 Å². The maximum atomic E-state index is 2.60. The molecule has 0 aliphatic carbocycles. The van der Waals surface area contributed by atoms with Gasteiger partial charge in [0.05, 0.1) is 0 Å². The summed E-state index contributed by atoms with van der Waals surface area (Å²) in [6.45, 7) is 28.4. The Balaban J connectivity index is 5.50. The molecule has 0 fully saturated rings. The summed E-state index contributed by atoms with van der Waals surface area (Å²) in [4.78, 5) is 0. The van der Waals surface area contributed by atoms with Gasteiger partial charge in [-0.3, -0.25) is 0 Å². The first kappa shape index (κ1) is 19.8. The first-order valence-electron chi connectivity index (χ1n) is 7.74. The van der Waals surface area contributed by atoms with Crippen molar-refractivity contribution in [2.24, 2.45) is 0 Å². The normalized spacial score (nSPS) is 14.8. The highest BCUT2D eigenvalue weighted by Crippen LogP contribution is 2.26. The van der Waals surface area contributed by atoms with Gasteiger partial charge in [0.25, 0.3) is 0 Å². The van der Waals surface area contributed by atoms with Gasteiger partial charge < -0.3 is 9.13 Å². The summed E-state index contributed by atoms with van der Waals surface area (Å²) >= 11 is 0. The molecule has 120 valence electrons. The van der Waals surface area contributed by atoms with Crippen molar-refractivity contribution in [3.63, 3.8) is 0 Å². The Kier molecular flexibility index (Phi) is 5.81. The van der Waals surface area contributed by atoms with Gasteiger partial charge in [-0.25, -0.2) is 0 Å². The molecule has 0 radical (unpaired) electrons. The van der Waals surface area contributed by atoms with Gasteiger partial charge in [0, 0.05) is 23.5 Å². The maximum Gasteiger partial charge on any atom is 0.147 e. The third-order valence-electron chi connectivity index (χ3n) is 3.26. The van der Waals surface area contributed by atoms with Gasteiger partial charge >= 0.3 is 0 Å². The molecular formula is C16H38N2Si2. The second-order valence-corrected chi connectivity index (χ2v) is 19.4. The lowest BCUT2D eigenvalue weighted by Crippen LogP contribution is -2.55. The molecule has 0 bridgehead atoms. The average molecular weight is 315 g/mol. The zero-order chi connectivity index (χ0) is 16.6. The Hall–Kier alpha value is -0.226. The van der Waals surface area contributed by atoms with Crippen molar-refractivity contribution >= 4 is 16.5 Å². The minimum absolute atomic E-state index is 0.184. The molecule has 0 atom stereocenters. The quantitative estimate of drug-likeness (QED) is 0.647. The van der Waals surface area contributed by atoms with Crippen LogP contribution in [-0.4, -0.2) is 36.7 Å². The minimum Gasteiger partial charge on any atom is -0.398 e. The standard InChI is InChI=1S/C16H38N2Si2/c1-15(2,3)17(19(7,8)9)13-14-18(16(4,5)6)20(10,11)12/h13-14H,1-12H3/b14-13+. The molecule has 20 heavy (non-hydrogen) atoms. The molecular weight excluding hydrogens is 276 g/mol. The number of hydrogen-bond donors (Lipinski definition) is 0. The third-order valence-corrected chi connectivity index (χ3v) is 7.79. The molecule has 0 aliphatic heterocycles. The highest BCUT2D eigenvalue weighted by Gasteiger charge is 2.33. The Bertz CT molecular complexity index is 273. The molecule has 0 saturated carbocycles. The van der Waals surface area contributed by atoms with Crippen molar-refractivity contribution in [1.29, 1.82) is 0 Å². The van der Waals surface area contributed by atoms with Gasteiger partial charge in [-0.1, -0.05) is 39.3 Å². The smallest absolute Gasteiger partial charge is 0.147 e. The first-order chi connectivity index (χ1) is 8.47. The molecule has 0 aromatic heterocycles. The van der Waals surface area contributed by atoms with Gasteiger partial charge in [0.2, 0.25) is 0 Å². The highest BCUT2D eigenvalue weighted by molar-refractivity contribution is 6.74.